The Morgan fingerprint density at radius 1 is 1.58 bits per heavy atom. The third-order valence-corrected chi connectivity index (χ3v) is 2.00. The molecule has 0 unspecified atom stereocenters. The molecule has 0 saturated carbocycles. The molecular formula is C9H11BrN2. The maximum Gasteiger partial charge on any atom is 0.131 e. The zero-order valence-electron chi connectivity index (χ0n) is 7.21. The molecule has 0 bridgehead atoms. The van der Waals surface area contributed by atoms with Crippen molar-refractivity contribution in [2.24, 2.45) is 4.99 Å². The summed E-state index contributed by atoms with van der Waals surface area (Å²) in [5.41, 5.74) is 1.86. The molecule has 0 fully saturated rings. The first kappa shape index (κ1) is 9.26. The van der Waals surface area contributed by atoms with Gasteiger partial charge in [0.25, 0.3) is 0 Å². The normalized spacial score (nSPS) is 11.8. The van der Waals surface area contributed by atoms with Crippen LogP contribution >= 0.6 is 15.9 Å². The number of hydrogen-bond acceptors (Lipinski definition) is 1. The Bertz CT molecular complexity index is 363. The van der Waals surface area contributed by atoms with Crippen LogP contribution in [0, 0.1) is 0 Å². The van der Waals surface area contributed by atoms with Crippen LogP contribution < -0.4 is 5.49 Å². The van der Waals surface area contributed by atoms with E-state index in [2.05, 4.69) is 27.5 Å². The fourth-order valence-corrected chi connectivity index (χ4v) is 1.29. The zero-order chi connectivity index (χ0) is 9.14. The second kappa shape index (κ2) is 3.72. The monoisotopic (exact) mass is 226 g/mol. The lowest BCUT2D eigenvalue weighted by atomic mass is 10.4. The van der Waals surface area contributed by atoms with E-state index in [0.717, 1.165) is 15.7 Å². The molecule has 3 heteroatoms. The molecule has 1 rings (SSSR count). The maximum absolute atomic E-state index is 4.11. The SMILES string of the molecule is C=C(C)n1cc(Br)ccc1=NC. The van der Waals surface area contributed by atoms with Crippen LogP contribution in [0.5, 0.6) is 0 Å². The van der Waals surface area contributed by atoms with Crippen molar-refractivity contribution < 1.29 is 0 Å². The van der Waals surface area contributed by atoms with Gasteiger partial charge in [-0.2, -0.15) is 0 Å². The highest BCUT2D eigenvalue weighted by atomic mass is 79.9. The molecule has 0 N–H and O–H groups in total. The molecule has 0 aromatic carbocycles. The third kappa shape index (κ3) is 1.85. The van der Waals surface area contributed by atoms with Crippen molar-refractivity contribution in [3.63, 3.8) is 0 Å². The summed E-state index contributed by atoms with van der Waals surface area (Å²) in [6.07, 6.45) is 1.95. The van der Waals surface area contributed by atoms with Gasteiger partial charge in [-0.15, -0.1) is 0 Å². The summed E-state index contributed by atoms with van der Waals surface area (Å²) in [5.74, 6) is 0. The van der Waals surface area contributed by atoms with Crippen molar-refractivity contribution in [1.29, 1.82) is 0 Å². The number of rotatable bonds is 1. The lowest BCUT2D eigenvalue weighted by Gasteiger charge is -2.05. The van der Waals surface area contributed by atoms with Gasteiger partial charge < -0.3 is 4.57 Å². The lowest BCUT2D eigenvalue weighted by Crippen LogP contribution is -2.17. The molecule has 0 aliphatic rings. The molecule has 1 aromatic heterocycles. The first-order valence-corrected chi connectivity index (χ1v) is 4.41. The Morgan fingerprint density at radius 3 is 2.75 bits per heavy atom. The molecule has 0 aliphatic heterocycles. The van der Waals surface area contributed by atoms with E-state index in [0.29, 0.717) is 0 Å². The average molecular weight is 227 g/mol. The lowest BCUT2D eigenvalue weighted by molar-refractivity contribution is 0.950. The van der Waals surface area contributed by atoms with Crippen molar-refractivity contribution in [3.8, 4) is 0 Å². The van der Waals surface area contributed by atoms with Crippen LogP contribution in [0.4, 0.5) is 0 Å². The molecule has 1 heterocycles. The first-order chi connectivity index (χ1) is 5.65. The van der Waals surface area contributed by atoms with Gasteiger partial charge in [-0.3, -0.25) is 4.99 Å². The van der Waals surface area contributed by atoms with E-state index < -0.39 is 0 Å². The molecule has 0 amide bonds. The summed E-state index contributed by atoms with van der Waals surface area (Å²) in [4.78, 5) is 4.11. The van der Waals surface area contributed by atoms with Crippen molar-refractivity contribution in [3.05, 3.63) is 34.9 Å². The Labute approximate surface area is 80.4 Å². The number of nitrogens with zero attached hydrogens (tertiary/aromatic N) is 2. The summed E-state index contributed by atoms with van der Waals surface area (Å²) in [6, 6.07) is 3.90. The van der Waals surface area contributed by atoms with Crippen LogP contribution in [0.1, 0.15) is 6.92 Å². The summed E-state index contributed by atoms with van der Waals surface area (Å²) in [5, 5.41) is 0. The number of aromatic nitrogens is 1. The minimum atomic E-state index is 0.908. The highest BCUT2D eigenvalue weighted by Crippen LogP contribution is 2.07. The number of allylic oxidation sites excluding steroid dienone is 1. The van der Waals surface area contributed by atoms with Gasteiger partial charge in [-0.25, -0.2) is 0 Å². The van der Waals surface area contributed by atoms with Gasteiger partial charge in [0.1, 0.15) is 5.49 Å². The van der Waals surface area contributed by atoms with Crippen LogP contribution in [0.25, 0.3) is 5.70 Å². The van der Waals surface area contributed by atoms with Crippen LogP contribution in [0.2, 0.25) is 0 Å². The van der Waals surface area contributed by atoms with E-state index in [1.54, 1.807) is 7.05 Å². The van der Waals surface area contributed by atoms with Crippen molar-refractivity contribution in [1.82, 2.24) is 4.57 Å². The number of halogens is 1. The molecule has 0 saturated heterocycles. The van der Waals surface area contributed by atoms with E-state index in [9.17, 15) is 0 Å². The molecule has 0 aliphatic carbocycles. The summed E-state index contributed by atoms with van der Waals surface area (Å²) < 4.78 is 2.96. The Kier molecular flexibility index (Phi) is 2.87. The molecule has 12 heavy (non-hydrogen) atoms. The molecule has 0 radical (unpaired) electrons. The van der Waals surface area contributed by atoms with Gasteiger partial charge in [-0.05, 0) is 35.0 Å². The highest BCUT2D eigenvalue weighted by molar-refractivity contribution is 9.10. The van der Waals surface area contributed by atoms with Gasteiger partial charge in [0.05, 0.1) is 0 Å². The minimum Gasteiger partial charge on any atom is -0.306 e. The van der Waals surface area contributed by atoms with Crippen LogP contribution in [0.3, 0.4) is 0 Å². The smallest absolute Gasteiger partial charge is 0.131 e. The van der Waals surface area contributed by atoms with E-state index in [1.807, 2.05) is 29.8 Å². The van der Waals surface area contributed by atoms with Crippen molar-refractivity contribution in [2.45, 2.75) is 6.92 Å². The van der Waals surface area contributed by atoms with Crippen LogP contribution in [-0.4, -0.2) is 11.6 Å². The van der Waals surface area contributed by atoms with E-state index >= 15 is 0 Å². The largest absolute Gasteiger partial charge is 0.306 e. The van der Waals surface area contributed by atoms with Crippen LogP contribution in [0.15, 0.2) is 34.4 Å². The molecule has 2 nitrogen and oxygen atoms in total. The van der Waals surface area contributed by atoms with Gasteiger partial charge in [0, 0.05) is 23.4 Å². The Hall–Kier alpha value is -0.830. The summed E-state index contributed by atoms with van der Waals surface area (Å²) in [6.45, 7) is 5.80. The molecule has 0 atom stereocenters. The predicted octanol–water partition coefficient (Wildman–Crippen LogP) is 2.27. The van der Waals surface area contributed by atoms with Crippen molar-refractivity contribution in [2.75, 3.05) is 7.05 Å². The van der Waals surface area contributed by atoms with Gasteiger partial charge in [0.15, 0.2) is 0 Å². The molecule has 1 aromatic rings. The first-order valence-electron chi connectivity index (χ1n) is 3.62. The summed E-state index contributed by atoms with van der Waals surface area (Å²) >= 11 is 3.39. The van der Waals surface area contributed by atoms with E-state index in [4.69, 9.17) is 0 Å². The number of hydrogen-bond donors (Lipinski definition) is 0. The van der Waals surface area contributed by atoms with Gasteiger partial charge >= 0.3 is 0 Å². The predicted molar refractivity (Wildman–Crippen MR) is 54.6 cm³/mol. The minimum absolute atomic E-state index is 0.908. The second-order valence-electron chi connectivity index (χ2n) is 2.53. The summed E-state index contributed by atoms with van der Waals surface area (Å²) in [7, 11) is 1.77. The van der Waals surface area contributed by atoms with Gasteiger partial charge in [0.2, 0.25) is 0 Å². The fourth-order valence-electron chi connectivity index (χ4n) is 0.955. The zero-order valence-corrected chi connectivity index (χ0v) is 8.80. The Balaban J connectivity index is 3.43. The fraction of sp³-hybridized carbons (Fsp3) is 0.222. The molecule has 64 valence electrons. The van der Waals surface area contributed by atoms with E-state index in [-0.39, 0.29) is 0 Å². The quantitative estimate of drug-likeness (QED) is 0.700. The standard InChI is InChI=1S/C9H11BrN2/c1-7(2)12-6-8(10)4-5-9(12)11-3/h4-6H,1H2,2-3H3. The third-order valence-electron chi connectivity index (χ3n) is 1.53. The average Bonchev–Trinajstić information content (AvgIpc) is 2.04. The topological polar surface area (TPSA) is 17.3 Å². The van der Waals surface area contributed by atoms with Crippen molar-refractivity contribution >= 4 is 21.6 Å². The maximum atomic E-state index is 4.11. The number of pyridine rings is 1. The van der Waals surface area contributed by atoms with Crippen LogP contribution in [-0.2, 0) is 0 Å². The van der Waals surface area contributed by atoms with Gasteiger partial charge in [-0.1, -0.05) is 6.58 Å². The molecule has 0 spiro atoms. The molecular weight excluding hydrogens is 216 g/mol. The van der Waals surface area contributed by atoms with E-state index in [1.165, 1.54) is 0 Å². The Morgan fingerprint density at radius 2 is 2.25 bits per heavy atom. The second-order valence-corrected chi connectivity index (χ2v) is 3.45. The highest BCUT2D eigenvalue weighted by Gasteiger charge is 1.93.